The normalized spacial score (nSPS) is 14.9. The molecule has 1 aromatic carbocycles. The molecule has 0 spiro atoms. The zero-order chi connectivity index (χ0) is 19.6. The van der Waals surface area contributed by atoms with E-state index in [-0.39, 0.29) is 17.2 Å². The van der Waals surface area contributed by atoms with Crippen LogP contribution in [0.3, 0.4) is 0 Å². The van der Waals surface area contributed by atoms with Gasteiger partial charge < -0.3 is 15.0 Å². The maximum Gasteiger partial charge on any atom is 0.409 e. The summed E-state index contributed by atoms with van der Waals surface area (Å²) in [5.74, 6) is 0. The molecule has 7 nitrogen and oxygen atoms in total. The van der Waals surface area contributed by atoms with Crippen LogP contribution in [0.15, 0.2) is 29.2 Å². The number of carbonyl (C=O) groups excluding carboxylic acids is 1. The van der Waals surface area contributed by atoms with Crippen LogP contribution in [-0.2, 0) is 4.74 Å². The molecule has 3 rings (SSSR count). The van der Waals surface area contributed by atoms with Crippen LogP contribution in [0.1, 0.15) is 18.4 Å². The van der Waals surface area contributed by atoms with E-state index in [1.165, 1.54) is 18.0 Å². The molecule has 0 saturated carbocycles. The van der Waals surface area contributed by atoms with E-state index in [1.54, 1.807) is 17.0 Å². The second-order valence-electron chi connectivity index (χ2n) is 6.40. The van der Waals surface area contributed by atoms with Crippen molar-refractivity contribution in [2.24, 2.45) is 0 Å². The van der Waals surface area contributed by atoms with Crippen LogP contribution in [0.5, 0.6) is 0 Å². The minimum atomic E-state index is -0.423. The average molecular weight is 411 g/mol. The highest BCUT2D eigenvalue weighted by atomic mass is 35.5. The van der Waals surface area contributed by atoms with Crippen LogP contribution in [0.4, 0.5) is 10.5 Å². The first-order valence-electron chi connectivity index (χ1n) is 8.54. The van der Waals surface area contributed by atoms with Crippen LogP contribution < -0.4 is 10.9 Å². The van der Waals surface area contributed by atoms with Gasteiger partial charge in [-0.2, -0.15) is 9.78 Å². The van der Waals surface area contributed by atoms with E-state index < -0.39 is 5.56 Å². The molecule has 0 unspecified atom stereocenters. The molecular formula is C18H20Cl2N4O3. The zero-order valence-corrected chi connectivity index (χ0v) is 16.5. The lowest BCUT2D eigenvalue weighted by Crippen LogP contribution is -2.42. The number of benzene rings is 1. The van der Waals surface area contributed by atoms with Crippen molar-refractivity contribution in [2.75, 3.05) is 25.5 Å². The molecule has 1 aliphatic heterocycles. The van der Waals surface area contributed by atoms with Crippen molar-refractivity contribution in [1.82, 2.24) is 14.7 Å². The predicted octanol–water partition coefficient (Wildman–Crippen LogP) is 3.49. The van der Waals surface area contributed by atoms with E-state index in [4.69, 9.17) is 27.9 Å². The van der Waals surface area contributed by atoms with Crippen molar-refractivity contribution in [2.45, 2.75) is 25.8 Å². The Morgan fingerprint density at radius 2 is 2.00 bits per heavy atom. The number of hydrogen-bond acceptors (Lipinski definition) is 5. The molecular weight excluding hydrogens is 391 g/mol. The molecule has 144 valence electrons. The highest BCUT2D eigenvalue weighted by Crippen LogP contribution is 2.23. The van der Waals surface area contributed by atoms with Gasteiger partial charge in [0.2, 0.25) is 0 Å². The first kappa shape index (κ1) is 19.5. The van der Waals surface area contributed by atoms with E-state index in [0.29, 0.717) is 29.5 Å². The number of aryl methyl sites for hydroxylation is 1. The quantitative estimate of drug-likeness (QED) is 0.837. The monoisotopic (exact) mass is 410 g/mol. The number of hydrogen-bond donors (Lipinski definition) is 1. The molecule has 2 heterocycles. The zero-order valence-electron chi connectivity index (χ0n) is 15.0. The third-order valence-corrected chi connectivity index (χ3v) is 5.38. The molecule has 1 saturated heterocycles. The Kier molecular flexibility index (Phi) is 5.92. The fourth-order valence-electron chi connectivity index (χ4n) is 2.99. The van der Waals surface area contributed by atoms with Crippen molar-refractivity contribution in [3.05, 3.63) is 50.4 Å². The number of nitrogens with one attached hydrogen (secondary N) is 1. The number of carbonyl (C=O) groups is 1. The maximum atomic E-state index is 12.6. The largest absolute Gasteiger partial charge is 0.453 e. The van der Waals surface area contributed by atoms with E-state index in [0.717, 1.165) is 18.4 Å². The SMILES string of the molecule is COC(=O)N1CCC(Nc2cnn(-c3ccc(C)c(Cl)c3)c(=O)c2Cl)CC1. The Labute approximate surface area is 166 Å². The Hall–Kier alpha value is -2.25. The Morgan fingerprint density at radius 1 is 1.30 bits per heavy atom. The van der Waals surface area contributed by atoms with Crippen LogP contribution in [-0.4, -0.2) is 47.0 Å². The Balaban J connectivity index is 1.75. The van der Waals surface area contributed by atoms with Gasteiger partial charge in [-0.05, 0) is 37.5 Å². The summed E-state index contributed by atoms with van der Waals surface area (Å²) in [5.41, 5.74) is 1.52. The molecule has 0 aliphatic carbocycles. The molecule has 2 aromatic rings. The summed E-state index contributed by atoms with van der Waals surface area (Å²) in [7, 11) is 1.37. The van der Waals surface area contributed by atoms with Gasteiger partial charge in [-0.3, -0.25) is 4.79 Å². The van der Waals surface area contributed by atoms with Gasteiger partial charge in [0.25, 0.3) is 5.56 Å². The molecule has 1 aromatic heterocycles. The molecule has 1 fully saturated rings. The van der Waals surface area contributed by atoms with Gasteiger partial charge in [-0.1, -0.05) is 29.3 Å². The van der Waals surface area contributed by atoms with Gasteiger partial charge in [-0.15, -0.1) is 0 Å². The van der Waals surface area contributed by atoms with Crippen molar-refractivity contribution < 1.29 is 9.53 Å². The van der Waals surface area contributed by atoms with Gasteiger partial charge in [-0.25, -0.2) is 4.79 Å². The first-order valence-corrected chi connectivity index (χ1v) is 9.30. The molecule has 1 N–H and O–H groups in total. The molecule has 0 atom stereocenters. The Bertz CT molecular complexity index is 908. The number of ether oxygens (including phenoxy) is 1. The summed E-state index contributed by atoms with van der Waals surface area (Å²) in [6.07, 6.45) is 2.65. The molecule has 0 radical (unpaired) electrons. The number of likely N-dealkylation sites (tertiary alicyclic amines) is 1. The number of anilines is 1. The van der Waals surface area contributed by atoms with Crippen molar-refractivity contribution in [3.8, 4) is 5.69 Å². The first-order chi connectivity index (χ1) is 12.9. The molecule has 9 heteroatoms. The summed E-state index contributed by atoms with van der Waals surface area (Å²) in [6, 6.07) is 5.36. The minimum Gasteiger partial charge on any atom is -0.453 e. The van der Waals surface area contributed by atoms with Gasteiger partial charge in [0, 0.05) is 24.2 Å². The fourth-order valence-corrected chi connectivity index (χ4v) is 3.34. The topological polar surface area (TPSA) is 76.5 Å². The van der Waals surface area contributed by atoms with Gasteiger partial charge in [0.15, 0.2) is 0 Å². The third kappa shape index (κ3) is 4.20. The third-order valence-electron chi connectivity index (χ3n) is 4.61. The lowest BCUT2D eigenvalue weighted by Gasteiger charge is -2.31. The summed E-state index contributed by atoms with van der Waals surface area (Å²) in [5, 5.41) is 8.09. The van der Waals surface area contributed by atoms with E-state index in [1.807, 2.05) is 13.0 Å². The predicted molar refractivity (Wildman–Crippen MR) is 105 cm³/mol. The average Bonchev–Trinajstić information content (AvgIpc) is 2.68. The fraction of sp³-hybridized carbons (Fsp3) is 0.389. The lowest BCUT2D eigenvalue weighted by molar-refractivity contribution is 0.113. The number of nitrogens with zero attached hydrogens (tertiary/aromatic N) is 3. The highest BCUT2D eigenvalue weighted by molar-refractivity contribution is 6.33. The lowest BCUT2D eigenvalue weighted by atomic mass is 10.1. The van der Waals surface area contributed by atoms with Crippen LogP contribution in [0.2, 0.25) is 10.0 Å². The van der Waals surface area contributed by atoms with E-state index in [9.17, 15) is 9.59 Å². The number of halogens is 2. The molecule has 0 bridgehead atoms. The standard InChI is InChI=1S/C18H20Cl2N4O3/c1-11-3-4-13(9-14(11)19)24-17(25)16(20)15(10-21-24)22-12-5-7-23(8-6-12)18(26)27-2/h3-4,9-10,12,22H,5-8H2,1-2H3. The second-order valence-corrected chi connectivity index (χ2v) is 7.18. The van der Waals surface area contributed by atoms with Gasteiger partial charge in [0.05, 0.1) is 24.7 Å². The van der Waals surface area contributed by atoms with Crippen molar-refractivity contribution in [1.29, 1.82) is 0 Å². The van der Waals surface area contributed by atoms with Crippen LogP contribution in [0.25, 0.3) is 5.69 Å². The van der Waals surface area contributed by atoms with Crippen molar-refractivity contribution in [3.63, 3.8) is 0 Å². The summed E-state index contributed by atoms with van der Waals surface area (Å²) in [6.45, 7) is 3.04. The summed E-state index contributed by atoms with van der Waals surface area (Å²) < 4.78 is 5.95. The smallest absolute Gasteiger partial charge is 0.409 e. The summed E-state index contributed by atoms with van der Waals surface area (Å²) in [4.78, 5) is 25.8. The number of aromatic nitrogens is 2. The van der Waals surface area contributed by atoms with Crippen LogP contribution >= 0.6 is 23.2 Å². The number of rotatable bonds is 3. The molecule has 27 heavy (non-hydrogen) atoms. The van der Waals surface area contributed by atoms with Crippen LogP contribution in [0, 0.1) is 6.92 Å². The molecule has 1 aliphatic rings. The highest BCUT2D eigenvalue weighted by Gasteiger charge is 2.24. The van der Waals surface area contributed by atoms with Gasteiger partial charge in [0.1, 0.15) is 5.02 Å². The minimum absolute atomic E-state index is 0.0668. The molecule has 1 amide bonds. The Morgan fingerprint density at radius 3 is 2.63 bits per heavy atom. The van der Waals surface area contributed by atoms with E-state index >= 15 is 0 Å². The number of piperidine rings is 1. The van der Waals surface area contributed by atoms with Gasteiger partial charge >= 0.3 is 6.09 Å². The number of methoxy groups -OCH3 is 1. The van der Waals surface area contributed by atoms with E-state index in [2.05, 4.69) is 10.4 Å². The maximum absolute atomic E-state index is 12.6. The van der Waals surface area contributed by atoms with Crippen molar-refractivity contribution >= 4 is 35.0 Å². The second kappa shape index (κ2) is 8.19. The summed E-state index contributed by atoms with van der Waals surface area (Å²) >= 11 is 12.4. The number of amides is 1.